The lowest BCUT2D eigenvalue weighted by Gasteiger charge is -2.13. The lowest BCUT2D eigenvalue weighted by molar-refractivity contribution is -0.127. The maximum atomic E-state index is 12.4. The number of nitrogens with one attached hydrogen (secondary N) is 2. The van der Waals surface area contributed by atoms with E-state index in [1.54, 1.807) is 6.92 Å². The summed E-state index contributed by atoms with van der Waals surface area (Å²) < 4.78 is 52.2. The number of alkyl halides is 2. The number of rotatable bonds is 6. The summed E-state index contributed by atoms with van der Waals surface area (Å²) in [5, 5.41) is 4.27. The van der Waals surface area contributed by atoms with E-state index in [9.17, 15) is 31.6 Å². The van der Waals surface area contributed by atoms with Crippen molar-refractivity contribution in [2.45, 2.75) is 30.6 Å². The Kier molecular flexibility index (Phi) is 6.97. The van der Waals surface area contributed by atoms with Crippen LogP contribution in [0.25, 0.3) is 0 Å². The van der Waals surface area contributed by atoms with Gasteiger partial charge in [-0.1, -0.05) is 0 Å². The van der Waals surface area contributed by atoms with Crippen LogP contribution in [-0.4, -0.2) is 44.7 Å². The summed E-state index contributed by atoms with van der Waals surface area (Å²) >= 11 is 0. The van der Waals surface area contributed by atoms with Gasteiger partial charge in [0.15, 0.2) is 6.10 Å². The monoisotopic (exact) mass is 378 g/mol. The van der Waals surface area contributed by atoms with Gasteiger partial charge in [0.2, 0.25) is 9.84 Å². The fourth-order valence-electron chi connectivity index (χ4n) is 1.58. The van der Waals surface area contributed by atoms with Gasteiger partial charge in [-0.05, 0) is 38.1 Å². The summed E-state index contributed by atoms with van der Waals surface area (Å²) in [6, 6.07) is 2.87. The molecule has 0 aliphatic heterocycles. The van der Waals surface area contributed by atoms with Crippen molar-refractivity contribution in [2.75, 3.05) is 6.54 Å². The molecule has 0 radical (unpaired) electrons. The minimum atomic E-state index is -4.77. The fourth-order valence-corrected chi connectivity index (χ4v) is 2.31. The third-order valence-electron chi connectivity index (χ3n) is 2.88. The van der Waals surface area contributed by atoms with Gasteiger partial charge in [0, 0.05) is 6.54 Å². The first-order valence-corrected chi connectivity index (χ1v) is 8.56. The minimum absolute atomic E-state index is 0.147. The van der Waals surface area contributed by atoms with Crippen LogP contribution >= 0.6 is 0 Å². The number of ether oxygens (including phenoxy) is 1. The van der Waals surface area contributed by atoms with Crippen LogP contribution in [0.2, 0.25) is 0 Å². The molecule has 0 fully saturated rings. The van der Waals surface area contributed by atoms with Crippen molar-refractivity contribution in [3.05, 3.63) is 29.8 Å². The molecule has 1 atom stereocenters. The summed E-state index contributed by atoms with van der Waals surface area (Å²) in [5.41, 5.74) is -0.147. The number of amides is 3. The standard InChI is InChI=1S/C14H16F2N2O6S/c1-3-17-14(21)18-11(19)8(2)24-12(20)9-4-6-10(7-5-9)25(22,23)13(15)16/h4-8,13H,3H2,1-2H3,(H2,17,18,19,21). The molecule has 138 valence electrons. The molecule has 25 heavy (non-hydrogen) atoms. The number of sulfone groups is 1. The fraction of sp³-hybridized carbons (Fsp3) is 0.357. The predicted molar refractivity (Wildman–Crippen MR) is 81.7 cm³/mol. The van der Waals surface area contributed by atoms with E-state index >= 15 is 0 Å². The van der Waals surface area contributed by atoms with Gasteiger partial charge in [0.1, 0.15) is 0 Å². The van der Waals surface area contributed by atoms with Gasteiger partial charge in [-0.3, -0.25) is 10.1 Å². The molecule has 0 heterocycles. The average molecular weight is 378 g/mol. The van der Waals surface area contributed by atoms with Crippen molar-refractivity contribution >= 4 is 27.7 Å². The number of halogens is 2. The van der Waals surface area contributed by atoms with Crippen molar-refractivity contribution in [2.24, 2.45) is 0 Å². The maximum absolute atomic E-state index is 12.4. The molecule has 0 spiro atoms. The number of benzene rings is 1. The van der Waals surface area contributed by atoms with Crippen LogP contribution in [0, 0.1) is 0 Å². The number of imide groups is 1. The van der Waals surface area contributed by atoms with E-state index in [1.807, 2.05) is 5.32 Å². The Hall–Kier alpha value is -2.56. The van der Waals surface area contributed by atoms with Gasteiger partial charge in [0.05, 0.1) is 10.5 Å². The number of esters is 1. The molecule has 2 N–H and O–H groups in total. The van der Waals surface area contributed by atoms with Crippen molar-refractivity contribution in [1.29, 1.82) is 0 Å². The molecule has 0 aliphatic rings. The molecule has 0 saturated heterocycles. The van der Waals surface area contributed by atoms with E-state index in [1.165, 1.54) is 6.92 Å². The zero-order chi connectivity index (χ0) is 19.2. The molecule has 0 saturated carbocycles. The second kappa shape index (κ2) is 8.51. The molecule has 1 aromatic rings. The number of urea groups is 1. The highest BCUT2D eigenvalue weighted by molar-refractivity contribution is 7.91. The van der Waals surface area contributed by atoms with E-state index in [0.29, 0.717) is 6.54 Å². The van der Waals surface area contributed by atoms with E-state index < -0.39 is 44.5 Å². The van der Waals surface area contributed by atoms with Crippen LogP contribution in [0.4, 0.5) is 13.6 Å². The van der Waals surface area contributed by atoms with Crippen molar-refractivity contribution in [3.8, 4) is 0 Å². The number of hydrogen-bond donors (Lipinski definition) is 2. The molecular formula is C14H16F2N2O6S. The molecule has 0 bridgehead atoms. The van der Waals surface area contributed by atoms with Crippen molar-refractivity contribution in [3.63, 3.8) is 0 Å². The second-order valence-electron chi connectivity index (χ2n) is 4.73. The topological polar surface area (TPSA) is 119 Å². The summed E-state index contributed by atoms with van der Waals surface area (Å²) in [4.78, 5) is 34.1. The van der Waals surface area contributed by atoms with Crippen molar-refractivity contribution in [1.82, 2.24) is 10.6 Å². The van der Waals surface area contributed by atoms with Crippen molar-refractivity contribution < 1.29 is 36.3 Å². The third kappa shape index (κ3) is 5.48. The zero-order valence-electron chi connectivity index (χ0n) is 13.3. The smallest absolute Gasteiger partial charge is 0.341 e. The van der Waals surface area contributed by atoms with Gasteiger partial charge in [-0.2, -0.15) is 8.78 Å². The molecule has 1 unspecified atom stereocenters. The molecule has 3 amide bonds. The van der Waals surface area contributed by atoms with Crippen LogP contribution in [0.15, 0.2) is 29.2 Å². The third-order valence-corrected chi connectivity index (χ3v) is 4.28. The van der Waals surface area contributed by atoms with Gasteiger partial charge in [-0.25, -0.2) is 18.0 Å². The summed E-state index contributed by atoms with van der Waals surface area (Å²) in [6.45, 7) is 3.16. The van der Waals surface area contributed by atoms with Gasteiger partial charge >= 0.3 is 17.8 Å². The van der Waals surface area contributed by atoms with E-state index in [2.05, 4.69) is 5.32 Å². The number of hydrogen-bond acceptors (Lipinski definition) is 6. The van der Waals surface area contributed by atoms with Gasteiger partial charge < -0.3 is 10.1 Å². The molecule has 0 aliphatic carbocycles. The van der Waals surface area contributed by atoms with Gasteiger partial charge in [-0.15, -0.1) is 0 Å². The first-order chi connectivity index (χ1) is 11.6. The Labute approximate surface area is 142 Å². The summed E-state index contributed by atoms with van der Waals surface area (Å²) in [5.74, 6) is -5.43. The predicted octanol–water partition coefficient (Wildman–Crippen LogP) is 1.07. The molecule has 11 heteroatoms. The summed E-state index contributed by atoms with van der Waals surface area (Å²) in [7, 11) is -4.77. The Bertz CT molecular complexity index is 749. The highest BCUT2D eigenvalue weighted by Gasteiger charge is 2.27. The molecule has 8 nitrogen and oxygen atoms in total. The van der Waals surface area contributed by atoms with E-state index in [4.69, 9.17) is 4.74 Å². The molecule has 1 rings (SSSR count). The van der Waals surface area contributed by atoms with Crippen LogP contribution in [0.5, 0.6) is 0 Å². The normalized spacial score (nSPS) is 12.4. The second-order valence-corrected chi connectivity index (χ2v) is 6.64. The Morgan fingerprint density at radius 2 is 1.72 bits per heavy atom. The average Bonchev–Trinajstić information content (AvgIpc) is 2.54. The lowest BCUT2D eigenvalue weighted by atomic mass is 10.2. The highest BCUT2D eigenvalue weighted by atomic mass is 32.2. The SMILES string of the molecule is CCNC(=O)NC(=O)C(C)OC(=O)c1ccc(S(=O)(=O)C(F)F)cc1. The number of carbonyl (C=O) groups excluding carboxylic acids is 3. The molecule has 1 aromatic carbocycles. The Balaban J connectivity index is 2.75. The highest BCUT2D eigenvalue weighted by Crippen LogP contribution is 2.19. The molecule has 0 aromatic heterocycles. The first kappa shape index (κ1) is 20.5. The number of carbonyl (C=O) groups is 3. The van der Waals surface area contributed by atoms with Gasteiger partial charge in [0.25, 0.3) is 5.91 Å². The molecular weight excluding hydrogens is 362 g/mol. The largest absolute Gasteiger partial charge is 0.449 e. The Morgan fingerprint density at radius 3 is 2.20 bits per heavy atom. The quantitative estimate of drug-likeness (QED) is 0.715. The lowest BCUT2D eigenvalue weighted by Crippen LogP contribution is -2.44. The van der Waals surface area contributed by atoms with Crippen LogP contribution in [0.3, 0.4) is 0 Å². The van der Waals surface area contributed by atoms with Crippen LogP contribution < -0.4 is 10.6 Å². The minimum Gasteiger partial charge on any atom is -0.449 e. The van der Waals surface area contributed by atoms with Crippen LogP contribution in [0.1, 0.15) is 24.2 Å². The van der Waals surface area contributed by atoms with E-state index in [-0.39, 0.29) is 5.56 Å². The Morgan fingerprint density at radius 1 is 1.16 bits per heavy atom. The summed E-state index contributed by atoms with van der Waals surface area (Å²) in [6.07, 6.45) is -1.31. The van der Waals surface area contributed by atoms with E-state index in [0.717, 1.165) is 24.3 Å². The maximum Gasteiger partial charge on any atom is 0.341 e. The van der Waals surface area contributed by atoms with Crippen LogP contribution in [-0.2, 0) is 19.4 Å². The zero-order valence-corrected chi connectivity index (χ0v) is 14.1. The first-order valence-electron chi connectivity index (χ1n) is 7.01.